The monoisotopic (exact) mass is 389 g/mol. The Bertz CT molecular complexity index is 816. The van der Waals surface area contributed by atoms with Crippen LogP contribution in [0.5, 0.6) is 5.75 Å². The van der Waals surface area contributed by atoms with E-state index in [0.717, 1.165) is 19.4 Å². The molecule has 1 saturated heterocycles. The summed E-state index contributed by atoms with van der Waals surface area (Å²) >= 11 is 6.05. The van der Waals surface area contributed by atoms with E-state index in [9.17, 15) is 9.59 Å². The van der Waals surface area contributed by atoms with Crippen LogP contribution >= 0.6 is 11.6 Å². The zero-order chi connectivity index (χ0) is 19.2. The van der Waals surface area contributed by atoms with Gasteiger partial charge < -0.3 is 19.9 Å². The fraction of sp³-hybridized carbons (Fsp3) is 0.300. The Kier molecular flexibility index (Phi) is 6.32. The van der Waals surface area contributed by atoms with Gasteiger partial charge in [-0.3, -0.25) is 4.79 Å². The number of hydrogen-bond acceptors (Lipinski definition) is 4. The number of benzene rings is 2. The predicted molar refractivity (Wildman–Crippen MR) is 102 cm³/mol. The Morgan fingerprint density at radius 3 is 2.67 bits per heavy atom. The Morgan fingerprint density at radius 1 is 1.22 bits per heavy atom. The van der Waals surface area contributed by atoms with Crippen molar-refractivity contribution in [1.29, 1.82) is 0 Å². The van der Waals surface area contributed by atoms with E-state index in [-0.39, 0.29) is 24.0 Å². The van der Waals surface area contributed by atoms with Crippen LogP contribution in [0.15, 0.2) is 42.5 Å². The minimum absolute atomic E-state index is 0.0666. The Labute approximate surface area is 162 Å². The Hall–Kier alpha value is -2.57. The summed E-state index contributed by atoms with van der Waals surface area (Å²) in [4.78, 5) is 23.3. The molecule has 27 heavy (non-hydrogen) atoms. The van der Waals surface area contributed by atoms with Crippen molar-refractivity contribution in [3.05, 3.63) is 58.6 Å². The summed E-state index contributed by atoms with van der Waals surface area (Å²) in [6.45, 7) is 1.17. The topological polar surface area (TPSA) is 84.9 Å². The maximum atomic E-state index is 12.4. The van der Waals surface area contributed by atoms with Crippen LogP contribution in [0.3, 0.4) is 0 Å². The van der Waals surface area contributed by atoms with E-state index >= 15 is 0 Å². The molecule has 1 fully saturated rings. The lowest BCUT2D eigenvalue weighted by Gasteiger charge is -2.15. The summed E-state index contributed by atoms with van der Waals surface area (Å²) in [6.07, 6.45) is 2.16. The van der Waals surface area contributed by atoms with Crippen LogP contribution < -0.4 is 10.1 Å². The summed E-state index contributed by atoms with van der Waals surface area (Å²) in [5, 5.41) is 12.2. The molecule has 1 heterocycles. The molecule has 1 atom stereocenters. The van der Waals surface area contributed by atoms with Crippen LogP contribution in [0.2, 0.25) is 5.02 Å². The SMILES string of the molecule is O=C(Cc1ccc(C(=O)O)cc1)Nc1cc(Cl)ccc1OCC1CCCO1. The summed E-state index contributed by atoms with van der Waals surface area (Å²) < 4.78 is 11.4. The first kappa shape index (κ1) is 19.2. The molecule has 0 saturated carbocycles. The molecule has 0 radical (unpaired) electrons. The van der Waals surface area contributed by atoms with Crippen molar-refractivity contribution in [2.45, 2.75) is 25.4 Å². The molecule has 6 nitrogen and oxygen atoms in total. The largest absolute Gasteiger partial charge is 0.489 e. The van der Waals surface area contributed by atoms with E-state index in [1.807, 2.05) is 0 Å². The second kappa shape index (κ2) is 8.88. The number of hydrogen-bond donors (Lipinski definition) is 2. The lowest BCUT2D eigenvalue weighted by Crippen LogP contribution is -2.18. The van der Waals surface area contributed by atoms with Crippen molar-refractivity contribution in [3.8, 4) is 5.75 Å². The summed E-state index contributed by atoms with van der Waals surface area (Å²) in [5.74, 6) is -0.718. The number of ether oxygens (including phenoxy) is 2. The third-order valence-corrected chi connectivity index (χ3v) is 4.47. The van der Waals surface area contributed by atoms with Crippen LogP contribution in [0.4, 0.5) is 5.69 Å². The van der Waals surface area contributed by atoms with Crippen LogP contribution in [0.25, 0.3) is 0 Å². The number of carbonyl (C=O) groups is 2. The molecule has 1 unspecified atom stereocenters. The van der Waals surface area contributed by atoms with E-state index in [2.05, 4.69) is 5.32 Å². The van der Waals surface area contributed by atoms with Gasteiger partial charge in [-0.1, -0.05) is 23.7 Å². The lowest BCUT2D eigenvalue weighted by atomic mass is 10.1. The standard InChI is InChI=1S/C20H20ClNO5/c21-15-7-8-18(27-12-16-2-1-9-26-16)17(11-15)22-19(23)10-13-3-5-14(6-4-13)20(24)25/h3-8,11,16H,1-2,9-10,12H2,(H,22,23)(H,24,25). The number of amides is 1. The number of carboxylic acid groups (broad SMARTS) is 1. The number of rotatable bonds is 7. The number of carboxylic acids is 1. The minimum Gasteiger partial charge on any atom is -0.489 e. The molecule has 1 amide bonds. The zero-order valence-corrected chi connectivity index (χ0v) is 15.4. The highest BCUT2D eigenvalue weighted by atomic mass is 35.5. The average Bonchev–Trinajstić information content (AvgIpc) is 3.15. The Balaban J connectivity index is 1.63. The van der Waals surface area contributed by atoms with Crippen molar-refractivity contribution in [2.75, 3.05) is 18.5 Å². The molecule has 0 aliphatic carbocycles. The number of nitrogens with one attached hydrogen (secondary N) is 1. The Morgan fingerprint density at radius 2 is 2.00 bits per heavy atom. The summed E-state index contributed by atoms with van der Waals surface area (Å²) in [7, 11) is 0. The summed E-state index contributed by atoms with van der Waals surface area (Å²) in [6, 6.07) is 11.2. The first-order chi connectivity index (χ1) is 13.0. The van der Waals surface area contributed by atoms with Gasteiger partial charge in [0.05, 0.1) is 23.8 Å². The van der Waals surface area contributed by atoms with E-state index in [4.69, 9.17) is 26.2 Å². The molecule has 0 spiro atoms. The normalized spacial score (nSPS) is 16.1. The average molecular weight is 390 g/mol. The molecule has 7 heteroatoms. The quantitative estimate of drug-likeness (QED) is 0.752. The highest BCUT2D eigenvalue weighted by Gasteiger charge is 2.17. The fourth-order valence-corrected chi connectivity index (χ4v) is 3.00. The molecule has 0 bridgehead atoms. The highest BCUT2D eigenvalue weighted by Crippen LogP contribution is 2.29. The second-order valence-electron chi connectivity index (χ2n) is 6.31. The second-order valence-corrected chi connectivity index (χ2v) is 6.75. The van der Waals surface area contributed by atoms with Gasteiger partial charge in [-0.25, -0.2) is 4.79 Å². The van der Waals surface area contributed by atoms with E-state index in [0.29, 0.717) is 28.6 Å². The predicted octanol–water partition coefficient (Wildman–Crippen LogP) is 3.78. The summed E-state index contributed by atoms with van der Waals surface area (Å²) in [5.41, 5.74) is 1.38. The van der Waals surface area contributed by atoms with Crippen LogP contribution in [-0.4, -0.2) is 36.3 Å². The van der Waals surface area contributed by atoms with E-state index in [1.165, 1.54) is 12.1 Å². The number of halogens is 1. The van der Waals surface area contributed by atoms with Gasteiger partial charge in [-0.15, -0.1) is 0 Å². The third kappa shape index (κ3) is 5.45. The maximum Gasteiger partial charge on any atom is 0.335 e. The zero-order valence-electron chi connectivity index (χ0n) is 14.6. The molecule has 1 aliphatic rings. The molecule has 142 valence electrons. The van der Waals surface area contributed by atoms with Crippen molar-refractivity contribution in [1.82, 2.24) is 0 Å². The van der Waals surface area contributed by atoms with Crippen molar-refractivity contribution in [3.63, 3.8) is 0 Å². The highest BCUT2D eigenvalue weighted by molar-refractivity contribution is 6.31. The van der Waals surface area contributed by atoms with Crippen LogP contribution in [0, 0.1) is 0 Å². The molecule has 1 aliphatic heterocycles. The number of anilines is 1. The smallest absolute Gasteiger partial charge is 0.335 e. The van der Waals surface area contributed by atoms with Gasteiger partial charge in [-0.2, -0.15) is 0 Å². The van der Waals surface area contributed by atoms with E-state index in [1.54, 1.807) is 30.3 Å². The van der Waals surface area contributed by atoms with Gasteiger partial charge >= 0.3 is 5.97 Å². The first-order valence-corrected chi connectivity index (χ1v) is 9.05. The molecule has 3 rings (SSSR count). The molecule has 2 N–H and O–H groups in total. The minimum atomic E-state index is -1.00. The van der Waals surface area contributed by atoms with Crippen molar-refractivity contribution >= 4 is 29.2 Å². The third-order valence-electron chi connectivity index (χ3n) is 4.23. The molecular weight excluding hydrogens is 370 g/mol. The van der Waals surface area contributed by atoms with Crippen molar-refractivity contribution in [2.24, 2.45) is 0 Å². The molecular formula is C20H20ClNO5. The maximum absolute atomic E-state index is 12.4. The van der Waals surface area contributed by atoms with Gasteiger partial charge in [0.2, 0.25) is 5.91 Å². The van der Waals surface area contributed by atoms with Crippen LogP contribution in [0.1, 0.15) is 28.8 Å². The molecule has 2 aromatic rings. The number of carbonyl (C=O) groups excluding carboxylic acids is 1. The van der Waals surface area contributed by atoms with Crippen molar-refractivity contribution < 1.29 is 24.2 Å². The first-order valence-electron chi connectivity index (χ1n) is 8.67. The number of aromatic carboxylic acids is 1. The molecule has 0 aromatic heterocycles. The van der Waals surface area contributed by atoms with Gasteiger partial charge in [-0.05, 0) is 48.7 Å². The fourth-order valence-electron chi connectivity index (χ4n) is 2.83. The van der Waals surface area contributed by atoms with Gasteiger partial charge in [0, 0.05) is 11.6 Å². The lowest BCUT2D eigenvalue weighted by molar-refractivity contribution is -0.115. The molecule has 2 aromatic carbocycles. The van der Waals surface area contributed by atoms with Gasteiger partial charge in [0.25, 0.3) is 0 Å². The van der Waals surface area contributed by atoms with Crippen LogP contribution in [-0.2, 0) is 16.0 Å². The van der Waals surface area contributed by atoms with E-state index < -0.39 is 5.97 Å². The van der Waals surface area contributed by atoms with Gasteiger partial charge in [0.1, 0.15) is 12.4 Å². The van der Waals surface area contributed by atoms with Gasteiger partial charge in [0.15, 0.2) is 0 Å².